The predicted octanol–water partition coefficient (Wildman–Crippen LogP) is 3.16. The molecule has 0 bridgehead atoms. The molecule has 0 saturated carbocycles. The van der Waals surface area contributed by atoms with E-state index in [4.69, 9.17) is 0 Å². The molecular formula is C19H21Cl2N5OS. The highest BCUT2D eigenvalue weighted by Crippen LogP contribution is 2.25. The molecule has 28 heavy (non-hydrogen) atoms. The number of hydrogen-bond acceptors (Lipinski definition) is 6. The Morgan fingerprint density at radius 1 is 1.21 bits per heavy atom. The maximum Gasteiger partial charge on any atom is 0.229 e. The van der Waals surface area contributed by atoms with Crippen molar-refractivity contribution >= 4 is 42.1 Å². The number of nitrogens with one attached hydrogen (secondary N) is 1. The number of pyridine rings is 2. The van der Waals surface area contributed by atoms with Crippen LogP contribution in [0.15, 0.2) is 54.3 Å². The van der Waals surface area contributed by atoms with Crippen LogP contribution in [0.3, 0.4) is 0 Å². The summed E-state index contributed by atoms with van der Waals surface area (Å²) in [5.74, 6) is 0.0956. The summed E-state index contributed by atoms with van der Waals surface area (Å²) in [6, 6.07) is 9.69. The summed E-state index contributed by atoms with van der Waals surface area (Å²) < 4.78 is 0. The quantitative estimate of drug-likeness (QED) is 0.678. The monoisotopic (exact) mass is 437 g/mol. The van der Waals surface area contributed by atoms with Gasteiger partial charge in [-0.2, -0.15) is 0 Å². The zero-order valence-electron chi connectivity index (χ0n) is 15.0. The summed E-state index contributed by atoms with van der Waals surface area (Å²) >= 11 is 1.52. The van der Waals surface area contributed by atoms with Crippen LogP contribution in [0.5, 0.6) is 0 Å². The molecule has 1 fully saturated rings. The Bertz CT molecular complexity index is 878. The van der Waals surface area contributed by atoms with Crippen LogP contribution in [0, 0.1) is 0 Å². The summed E-state index contributed by atoms with van der Waals surface area (Å²) in [4.78, 5) is 28.0. The Morgan fingerprint density at radius 3 is 2.86 bits per heavy atom. The number of piperazine rings is 1. The zero-order chi connectivity index (χ0) is 17.8. The van der Waals surface area contributed by atoms with E-state index in [2.05, 4.69) is 20.3 Å². The van der Waals surface area contributed by atoms with Crippen molar-refractivity contribution in [3.05, 3.63) is 65.6 Å². The van der Waals surface area contributed by atoms with Gasteiger partial charge in [0.2, 0.25) is 5.91 Å². The molecular weight excluding hydrogens is 417 g/mol. The second kappa shape index (κ2) is 10.5. The fourth-order valence-electron chi connectivity index (χ4n) is 3.13. The fraction of sp³-hybridized carbons (Fsp3) is 0.263. The maximum absolute atomic E-state index is 12.9. The van der Waals surface area contributed by atoms with Gasteiger partial charge in [0, 0.05) is 43.6 Å². The molecule has 1 aliphatic heterocycles. The number of hydrogen-bond donors (Lipinski definition) is 1. The lowest BCUT2D eigenvalue weighted by atomic mass is 10.0. The number of nitrogens with zero attached hydrogens (tertiary/aromatic N) is 4. The van der Waals surface area contributed by atoms with Gasteiger partial charge in [-0.1, -0.05) is 12.1 Å². The summed E-state index contributed by atoms with van der Waals surface area (Å²) in [6.07, 6.45) is 5.64. The van der Waals surface area contributed by atoms with Gasteiger partial charge in [0.25, 0.3) is 0 Å². The van der Waals surface area contributed by atoms with Crippen LogP contribution in [0.25, 0.3) is 10.7 Å². The molecule has 0 aliphatic carbocycles. The Morgan fingerprint density at radius 2 is 2.11 bits per heavy atom. The maximum atomic E-state index is 12.9. The van der Waals surface area contributed by atoms with Crippen LogP contribution in [-0.2, 0) is 11.2 Å². The highest BCUT2D eigenvalue weighted by molar-refractivity contribution is 7.13. The largest absolute Gasteiger partial charge is 0.333 e. The molecule has 3 aromatic rings. The zero-order valence-corrected chi connectivity index (χ0v) is 17.5. The first-order chi connectivity index (χ1) is 12.8. The van der Waals surface area contributed by atoms with Crippen molar-refractivity contribution in [2.75, 3.05) is 19.6 Å². The molecule has 3 aromatic heterocycles. The van der Waals surface area contributed by atoms with Gasteiger partial charge in [-0.3, -0.25) is 14.8 Å². The van der Waals surface area contributed by atoms with Crippen molar-refractivity contribution in [3.8, 4) is 10.7 Å². The van der Waals surface area contributed by atoms with Gasteiger partial charge in [-0.15, -0.1) is 36.2 Å². The number of aromatic nitrogens is 3. The SMILES string of the molecule is Cl.Cl.O=C(Cc1csc(-c2ccccn2)n1)N1CCNCC1c1cccnc1. The number of carbonyl (C=O) groups is 1. The van der Waals surface area contributed by atoms with E-state index < -0.39 is 0 Å². The molecule has 0 radical (unpaired) electrons. The lowest BCUT2D eigenvalue weighted by Crippen LogP contribution is -2.49. The molecule has 6 nitrogen and oxygen atoms in total. The average Bonchev–Trinajstić information content (AvgIpc) is 3.18. The van der Waals surface area contributed by atoms with E-state index in [1.54, 1.807) is 12.4 Å². The van der Waals surface area contributed by atoms with Gasteiger partial charge in [-0.05, 0) is 23.8 Å². The Kier molecular flexibility index (Phi) is 8.32. The molecule has 0 spiro atoms. The van der Waals surface area contributed by atoms with E-state index in [9.17, 15) is 4.79 Å². The molecule has 0 aromatic carbocycles. The Labute approximate surface area is 180 Å². The Balaban J connectivity index is 0.00000140. The number of amides is 1. The first kappa shape index (κ1) is 22.2. The smallest absolute Gasteiger partial charge is 0.229 e. The third-order valence-electron chi connectivity index (χ3n) is 4.40. The normalized spacial score (nSPS) is 16.0. The van der Waals surface area contributed by atoms with Gasteiger partial charge < -0.3 is 10.2 Å². The average molecular weight is 438 g/mol. The van der Waals surface area contributed by atoms with Gasteiger partial charge >= 0.3 is 0 Å². The molecule has 1 aliphatic rings. The van der Waals surface area contributed by atoms with Crippen LogP contribution in [0.4, 0.5) is 0 Å². The second-order valence-corrected chi connectivity index (χ2v) is 6.99. The fourth-order valence-corrected chi connectivity index (χ4v) is 3.92. The molecule has 1 N–H and O–H groups in total. The van der Waals surface area contributed by atoms with Crippen molar-refractivity contribution in [2.24, 2.45) is 0 Å². The molecule has 4 rings (SSSR count). The van der Waals surface area contributed by atoms with E-state index >= 15 is 0 Å². The van der Waals surface area contributed by atoms with Crippen molar-refractivity contribution in [3.63, 3.8) is 0 Å². The van der Waals surface area contributed by atoms with Crippen LogP contribution in [0.2, 0.25) is 0 Å². The van der Waals surface area contributed by atoms with Gasteiger partial charge in [-0.25, -0.2) is 4.98 Å². The Hall–Kier alpha value is -2.06. The van der Waals surface area contributed by atoms with Crippen molar-refractivity contribution in [1.82, 2.24) is 25.2 Å². The molecule has 148 valence electrons. The molecule has 1 amide bonds. The minimum Gasteiger partial charge on any atom is -0.333 e. The number of halogens is 2. The standard InChI is InChI=1S/C19H19N5OS.2ClH/c25-18(10-15-13-26-19(23-15)16-5-1-2-7-22-16)24-9-8-21-12-17(24)14-4-3-6-20-11-14;;/h1-7,11,13,17,21H,8-10,12H2;2*1H. The first-order valence-electron chi connectivity index (χ1n) is 8.57. The van der Waals surface area contributed by atoms with E-state index in [0.29, 0.717) is 13.0 Å². The molecule has 4 heterocycles. The van der Waals surface area contributed by atoms with Gasteiger partial charge in [0.1, 0.15) is 5.01 Å². The number of rotatable bonds is 4. The molecule has 1 saturated heterocycles. The highest BCUT2D eigenvalue weighted by atomic mass is 35.5. The van der Waals surface area contributed by atoms with Gasteiger partial charge in [0.05, 0.1) is 23.9 Å². The lowest BCUT2D eigenvalue weighted by molar-refractivity contribution is -0.133. The molecule has 9 heteroatoms. The van der Waals surface area contributed by atoms with Crippen molar-refractivity contribution in [1.29, 1.82) is 0 Å². The highest BCUT2D eigenvalue weighted by Gasteiger charge is 2.28. The van der Waals surface area contributed by atoms with Crippen LogP contribution in [0.1, 0.15) is 17.3 Å². The number of thiazole rings is 1. The van der Waals surface area contributed by atoms with E-state index in [-0.39, 0.29) is 36.8 Å². The van der Waals surface area contributed by atoms with E-state index in [1.807, 2.05) is 46.8 Å². The minimum atomic E-state index is 0. The van der Waals surface area contributed by atoms with Gasteiger partial charge in [0.15, 0.2) is 0 Å². The van der Waals surface area contributed by atoms with Crippen LogP contribution >= 0.6 is 36.2 Å². The second-order valence-electron chi connectivity index (χ2n) is 6.13. The third kappa shape index (κ3) is 5.05. The van der Waals surface area contributed by atoms with Crippen molar-refractivity contribution < 1.29 is 4.79 Å². The first-order valence-corrected chi connectivity index (χ1v) is 9.45. The summed E-state index contributed by atoms with van der Waals surface area (Å²) in [6.45, 7) is 2.24. The molecule has 1 unspecified atom stereocenters. The van der Waals surface area contributed by atoms with Crippen molar-refractivity contribution in [2.45, 2.75) is 12.5 Å². The third-order valence-corrected chi connectivity index (χ3v) is 5.31. The lowest BCUT2D eigenvalue weighted by Gasteiger charge is -2.36. The predicted molar refractivity (Wildman–Crippen MR) is 115 cm³/mol. The van der Waals surface area contributed by atoms with Crippen LogP contribution in [-0.4, -0.2) is 45.4 Å². The number of carbonyl (C=O) groups excluding carboxylic acids is 1. The molecule has 1 atom stereocenters. The van der Waals surface area contributed by atoms with E-state index in [1.165, 1.54) is 11.3 Å². The summed E-state index contributed by atoms with van der Waals surface area (Å²) in [7, 11) is 0. The minimum absolute atomic E-state index is 0. The summed E-state index contributed by atoms with van der Waals surface area (Å²) in [5, 5.41) is 6.16. The van der Waals surface area contributed by atoms with Crippen LogP contribution < -0.4 is 5.32 Å². The summed E-state index contributed by atoms with van der Waals surface area (Å²) in [5.41, 5.74) is 2.69. The topological polar surface area (TPSA) is 71.0 Å². The van der Waals surface area contributed by atoms with E-state index in [0.717, 1.165) is 35.0 Å².